The van der Waals surface area contributed by atoms with Gasteiger partial charge < -0.3 is 42.1 Å². The predicted molar refractivity (Wildman–Crippen MR) is 103 cm³/mol. The van der Waals surface area contributed by atoms with Crippen LogP contribution in [0.2, 0.25) is 0 Å². The van der Waals surface area contributed by atoms with Crippen molar-refractivity contribution in [2.24, 2.45) is 5.73 Å². The Balaban J connectivity index is 5.49. The third kappa shape index (κ3) is 11.4. The van der Waals surface area contributed by atoms with Crippen LogP contribution in [0, 0.1) is 0 Å². The maximum Gasteiger partial charge on any atom is 0.326 e. The average Bonchev–Trinajstić information content (AvgIpc) is 2.66. The molecule has 0 fully saturated rings. The van der Waals surface area contributed by atoms with E-state index in [-0.39, 0.29) is 0 Å². The first-order chi connectivity index (χ1) is 14.7. The molecule has 0 radical (unpaired) electrons. The van der Waals surface area contributed by atoms with E-state index in [2.05, 4.69) is 5.32 Å². The molecule has 3 amide bonds. The molecule has 0 aliphatic carbocycles. The summed E-state index contributed by atoms with van der Waals surface area (Å²) in [5, 5.41) is 41.8. The lowest BCUT2D eigenvalue weighted by Gasteiger charge is -2.24. The molecule has 0 aromatic rings. The number of rotatable bonds is 15. The molecule has 0 saturated heterocycles. The Morgan fingerprint density at radius 2 is 1.06 bits per heavy atom. The van der Waals surface area contributed by atoms with Gasteiger partial charge in [0.1, 0.15) is 18.1 Å². The van der Waals surface area contributed by atoms with Crippen LogP contribution in [0.3, 0.4) is 0 Å². The van der Waals surface area contributed by atoms with Gasteiger partial charge in [-0.25, -0.2) is 4.79 Å². The normalized spacial score (nSPS) is 14.2. The Labute approximate surface area is 181 Å². The molecule has 9 N–H and O–H groups in total. The number of carbonyl (C=O) groups excluding carboxylic acids is 3. The van der Waals surface area contributed by atoms with E-state index in [1.54, 1.807) is 0 Å². The van der Waals surface area contributed by atoms with Gasteiger partial charge in [-0.1, -0.05) is 0 Å². The first-order valence-corrected chi connectivity index (χ1v) is 9.29. The minimum Gasteiger partial charge on any atom is -0.481 e. The van der Waals surface area contributed by atoms with Crippen LogP contribution in [0.25, 0.3) is 0 Å². The van der Waals surface area contributed by atoms with Crippen molar-refractivity contribution < 1.29 is 54.0 Å². The van der Waals surface area contributed by atoms with Gasteiger partial charge in [-0.3, -0.25) is 28.8 Å². The molecule has 0 heterocycles. The molecular formula is C17H26N4O11. The number of carboxylic acid groups (broad SMARTS) is 4. The Hall–Kier alpha value is -3.75. The monoisotopic (exact) mass is 462 g/mol. The van der Waals surface area contributed by atoms with Gasteiger partial charge in [-0.15, -0.1) is 0 Å². The number of aliphatic carboxylic acids is 4. The molecule has 0 aliphatic rings. The molecule has 32 heavy (non-hydrogen) atoms. The van der Waals surface area contributed by atoms with Crippen LogP contribution in [0.15, 0.2) is 0 Å². The number of hydrogen-bond acceptors (Lipinski definition) is 8. The number of carboxylic acids is 4. The van der Waals surface area contributed by atoms with Crippen molar-refractivity contribution in [3.63, 3.8) is 0 Å². The fourth-order valence-corrected chi connectivity index (χ4v) is 2.29. The maximum absolute atomic E-state index is 12.5. The minimum absolute atomic E-state index is 0.405. The summed E-state index contributed by atoms with van der Waals surface area (Å²) in [5.74, 6) is -8.87. The lowest BCUT2D eigenvalue weighted by atomic mass is 10.1. The second-order valence-electron chi connectivity index (χ2n) is 6.77. The number of nitrogens with one attached hydrogen (secondary N) is 3. The van der Waals surface area contributed by atoms with E-state index in [0.717, 1.165) is 0 Å². The number of carbonyl (C=O) groups is 7. The third-order valence-corrected chi connectivity index (χ3v) is 3.97. The zero-order valence-electron chi connectivity index (χ0n) is 17.1. The van der Waals surface area contributed by atoms with Gasteiger partial charge in [0, 0.05) is 12.8 Å². The molecule has 180 valence electrons. The van der Waals surface area contributed by atoms with Crippen molar-refractivity contribution in [3.05, 3.63) is 0 Å². The van der Waals surface area contributed by atoms with Crippen molar-refractivity contribution in [1.29, 1.82) is 0 Å². The molecule has 4 unspecified atom stereocenters. The van der Waals surface area contributed by atoms with E-state index in [4.69, 9.17) is 26.2 Å². The average molecular weight is 462 g/mol. The summed E-state index contributed by atoms with van der Waals surface area (Å²) in [6.07, 6.45) is -3.04. The van der Waals surface area contributed by atoms with E-state index in [1.807, 2.05) is 10.6 Å². The number of nitrogens with two attached hydrogens (primary N) is 1. The Kier molecular flexibility index (Phi) is 11.9. The van der Waals surface area contributed by atoms with Gasteiger partial charge >= 0.3 is 23.9 Å². The van der Waals surface area contributed by atoms with Gasteiger partial charge in [0.25, 0.3) is 0 Å². The van der Waals surface area contributed by atoms with Crippen LogP contribution in [-0.2, 0) is 33.6 Å². The fourth-order valence-electron chi connectivity index (χ4n) is 2.29. The highest BCUT2D eigenvalue weighted by Gasteiger charge is 2.31. The molecule has 0 saturated carbocycles. The molecule has 15 nitrogen and oxygen atoms in total. The topological polar surface area (TPSA) is 263 Å². The van der Waals surface area contributed by atoms with Gasteiger partial charge in [0.2, 0.25) is 17.7 Å². The SMILES string of the molecule is CC(N)C(=O)NC(CCC(=O)O)C(=O)NC(CC(=O)O)C(=O)NC(CCC(=O)O)C(=O)O. The lowest BCUT2D eigenvalue weighted by molar-refractivity contribution is -0.144. The quantitative estimate of drug-likeness (QED) is 0.122. The van der Waals surface area contributed by atoms with Gasteiger partial charge in [-0.05, 0) is 19.8 Å². The van der Waals surface area contributed by atoms with Crippen molar-refractivity contribution in [2.75, 3.05) is 0 Å². The predicted octanol–water partition coefficient (Wildman–Crippen LogP) is -2.92. The van der Waals surface area contributed by atoms with Crippen LogP contribution >= 0.6 is 0 Å². The zero-order chi connectivity index (χ0) is 25.0. The van der Waals surface area contributed by atoms with E-state index in [0.29, 0.717) is 0 Å². The Bertz CT molecular complexity index is 753. The van der Waals surface area contributed by atoms with Crippen molar-refractivity contribution in [3.8, 4) is 0 Å². The summed E-state index contributed by atoms with van der Waals surface area (Å²) in [5.41, 5.74) is 5.39. The van der Waals surface area contributed by atoms with Crippen LogP contribution in [0.4, 0.5) is 0 Å². The van der Waals surface area contributed by atoms with Gasteiger partial charge in [-0.2, -0.15) is 0 Å². The first kappa shape index (κ1) is 28.2. The second kappa shape index (κ2) is 13.5. The summed E-state index contributed by atoms with van der Waals surface area (Å²) in [4.78, 5) is 80.5. The summed E-state index contributed by atoms with van der Waals surface area (Å²) < 4.78 is 0. The summed E-state index contributed by atoms with van der Waals surface area (Å²) in [6.45, 7) is 1.30. The summed E-state index contributed by atoms with van der Waals surface area (Å²) >= 11 is 0. The maximum atomic E-state index is 12.5. The van der Waals surface area contributed by atoms with Crippen LogP contribution in [-0.4, -0.2) is 86.2 Å². The molecule has 0 aromatic heterocycles. The molecule has 15 heteroatoms. The molecule has 0 bridgehead atoms. The van der Waals surface area contributed by atoms with Crippen molar-refractivity contribution in [2.45, 2.75) is 63.2 Å². The molecular weight excluding hydrogens is 436 g/mol. The molecule has 0 spiro atoms. The van der Waals surface area contributed by atoms with E-state index in [1.165, 1.54) is 6.92 Å². The highest BCUT2D eigenvalue weighted by Crippen LogP contribution is 2.04. The highest BCUT2D eigenvalue weighted by atomic mass is 16.4. The van der Waals surface area contributed by atoms with Crippen LogP contribution in [0.1, 0.15) is 39.0 Å². The Morgan fingerprint density at radius 1 is 0.656 bits per heavy atom. The van der Waals surface area contributed by atoms with Crippen LogP contribution in [0.5, 0.6) is 0 Å². The highest BCUT2D eigenvalue weighted by molar-refractivity contribution is 5.95. The van der Waals surface area contributed by atoms with E-state index >= 15 is 0 Å². The van der Waals surface area contributed by atoms with E-state index in [9.17, 15) is 33.6 Å². The second-order valence-corrected chi connectivity index (χ2v) is 6.77. The van der Waals surface area contributed by atoms with Crippen LogP contribution < -0.4 is 21.7 Å². The molecule has 0 aromatic carbocycles. The summed E-state index contributed by atoms with van der Waals surface area (Å²) in [7, 11) is 0. The molecule has 4 atom stereocenters. The lowest BCUT2D eigenvalue weighted by Crippen LogP contribution is -2.57. The van der Waals surface area contributed by atoms with Gasteiger partial charge in [0.05, 0.1) is 12.5 Å². The third-order valence-electron chi connectivity index (χ3n) is 3.97. The van der Waals surface area contributed by atoms with Crippen molar-refractivity contribution in [1.82, 2.24) is 16.0 Å². The molecule has 0 rings (SSSR count). The van der Waals surface area contributed by atoms with Crippen molar-refractivity contribution >= 4 is 41.6 Å². The number of hydrogen-bond donors (Lipinski definition) is 8. The Morgan fingerprint density at radius 3 is 1.47 bits per heavy atom. The fraction of sp³-hybridized carbons (Fsp3) is 0.588. The minimum atomic E-state index is -1.80. The molecule has 0 aliphatic heterocycles. The number of amides is 3. The largest absolute Gasteiger partial charge is 0.481 e. The zero-order valence-corrected chi connectivity index (χ0v) is 17.1. The smallest absolute Gasteiger partial charge is 0.326 e. The van der Waals surface area contributed by atoms with E-state index < -0.39 is 97.9 Å². The van der Waals surface area contributed by atoms with Gasteiger partial charge in [0.15, 0.2) is 0 Å². The first-order valence-electron chi connectivity index (χ1n) is 9.29. The summed E-state index contributed by atoms with van der Waals surface area (Å²) in [6, 6.07) is -6.01. The standard InChI is InChI=1S/C17H26N4O11/c1-7(18)14(28)19-8(2-4-11(22)23)15(29)21-10(6-13(26)27)16(30)20-9(17(31)32)3-5-12(24)25/h7-10H,2-6,18H2,1H3,(H,19,28)(H,20,30)(H,21,29)(H,22,23)(H,24,25)(H,26,27)(H,31,32).